The Kier molecular flexibility index (Phi) is 2.84. The summed E-state index contributed by atoms with van der Waals surface area (Å²) in [6, 6.07) is 6.67. The first kappa shape index (κ1) is 11.6. The molecule has 88 valence electrons. The van der Waals surface area contributed by atoms with Crippen molar-refractivity contribution in [3.8, 4) is 0 Å². The van der Waals surface area contributed by atoms with Crippen LogP contribution in [0.1, 0.15) is 34.6 Å². The quantitative estimate of drug-likeness (QED) is 0.590. The predicted molar refractivity (Wildman–Crippen MR) is 65.8 cm³/mol. The van der Waals surface area contributed by atoms with Crippen molar-refractivity contribution in [2.75, 3.05) is 0 Å². The molecule has 0 fully saturated rings. The van der Waals surface area contributed by atoms with Gasteiger partial charge in [-0.25, -0.2) is 0 Å². The van der Waals surface area contributed by atoms with Crippen molar-refractivity contribution >= 4 is 11.8 Å². The summed E-state index contributed by atoms with van der Waals surface area (Å²) in [5, 5.41) is 0. The Morgan fingerprint density at radius 3 is 1.94 bits per heavy atom. The lowest BCUT2D eigenvalue weighted by molar-refractivity contribution is 0.0583. The van der Waals surface area contributed by atoms with Crippen LogP contribution in [0.3, 0.4) is 0 Å². The number of rotatable bonds is 3. The van der Waals surface area contributed by atoms with E-state index in [1.807, 2.05) is 13.8 Å². The van der Waals surface area contributed by atoms with Gasteiger partial charge in [0.2, 0.25) is 0 Å². The van der Waals surface area contributed by atoms with Crippen molar-refractivity contribution in [2.24, 2.45) is 5.92 Å². The molecule has 3 heteroatoms. The number of benzene rings is 1. The van der Waals surface area contributed by atoms with Crippen LogP contribution in [0, 0.1) is 5.92 Å². The van der Waals surface area contributed by atoms with E-state index < -0.39 is 0 Å². The van der Waals surface area contributed by atoms with E-state index in [0.717, 1.165) is 0 Å². The summed E-state index contributed by atoms with van der Waals surface area (Å²) in [5.74, 6) is -0.275. The highest BCUT2D eigenvalue weighted by Crippen LogP contribution is 2.27. The van der Waals surface area contributed by atoms with E-state index in [0.29, 0.717) is 11.1 Å². The summed E-state index contributed by atoms with van der Waals surface area (Å²) >= 11 is 0. The number of amides is 2. The first-order valence-electron chi connectivity index (χ1n) is 5.67. The number of imide groups is 1. The van der Waals surface area contributed by atoms with Crippen LogP contribution in [-0.4, -0.2) is 22.8 Å². The van der Waals surface area contributed by atoms with Gasteiger partial charge in [0, 0.05) is 0 Å². The van der Waals surface area contributed by atoms with Crippen LogP contribution in [0.4, 0.5) is 0 Å². The van der Waals surface area contributed by atoms with E-state index in [1.165, 1.54) is 4.90 Å². The Morgan fingerprint density at radius 2 is 1.59 bits per heavy atom. The fourth-order valence-electron chi connectivity index (χ4n) is 2.15. The molecular weight excluding hydrogens is 214 g/mol. The molecule has 0 aliphatic carbocycles. The summed E-state index contributed by atoms with van der Waals surface area (Å²) in [4.78, 5) is 25.6. The Morgan fingerprint density at radius 1 is 1.12 bits per heavy atom. The summed E-state index contributed by atoms with van der Waals surface area (Å²) in [6.07, 6.45) is 1.66. The smallest absolute Gasteiger partial charge is 0.262 e. The first-order valence-corrected chi connectivity index (χ1v) is 5.67. The maximum atomic E-state index is 12.2. The molecule has 17 heavy (non-hydrogen) atoms. The van der Waals surface area contributed by atoms with Crippen molar-refractivity contribution in [2.45, 2.75) is 19.9 Å². The molecule has 1 aromatic rings. The van der Waals surface area contributed by atoms with Gasteiger partial charge in [0.05, 0.1) is 17.2 Å². The van der Waals surface area contributed by atoms with Gasteiger partial charge in [-0.2, -0.15) is 0 Å². The standard InChI is InChI=1S/C14H15NO2/c1-4-12(9(2)3)15-13(16)10-7-5-6-8-11(10)14(15)17/h4-9,12H,1H2,2-3H3. The number of hydrogen-bond donors (Lipinski definition) is 0. The lowest BCUT2D eigenvalue weighted by atomic mass is 10.0. The summed E-state index contributed by atoms with van der Waals surface area (Å²) in [7, 11) is 0. The Labute approximate surface area is 101 Å². The normalized spacial score (nSPS) is 16.3. The number of hydrogen-bond acceptors (Lipinski definition) is 2. The molecule has 0 N–H and O–H groups in total. The third-order valence-electron chi connectivity index (χ3n) is 3.05. The molecule has 1 aliphatic rings. The van der Waals surface area contributed by atoms with E-state index in [2.05, 4.69) is 6.58 Å². The summed E-state index contributed by atoms with van der Waals surface area (Å²) < 4.78 is 0. The monoisotopic (exact) mass is 229 g/mol. The molecule has 1 aromatic carbocycles. The zero-order valence-electron chi connectivity index (χ0n) is 10.0. The Hall–Kier alpha value is -1.90. The van der Waals surface area contributed by atoms with Crippen LogP contribution in [0.2, 0.25) is 0 Å². The lowest BCUT2D eigenvalue weighted by Gasteiger charge is -2.26. The van der Waals surface area contributed by atoms with E-state index in [9.17, 15) is 9.59 Å². The van der Waals surface area contributed by atoms with Gasteiger partial charge in [0.25, 0.3) is 11.8 Å². The van der Waals surface area contributed by atoms with E-state index in [-0.39, 0.29) is 23.8 Å². The number of fused-ring (bicyclic) bond motifs is 1. The number of carbonyl (C=O) groups excluding carboxylic acids is 2. The van der Waals surface area contributed by atoms with Crippen LogP contribution in [0.15, 0.2) is 36.9 Å². The van der Waals surface area contributed by atoms with Gasteiger partial charge in [-0.1, -0.05) is 32.1 Å². The molecule has 1 unspecified atom stereocenters. The molecule has 1 aliphatic heterocycles. The third-order valence-corrected chi connectivity index (χ3v) is 3.05. The van der Waals surface area contributed by atoms with Gasteiger partial charge in [0.15, 0.2) is 0 Å². The molecule has 2 rings (SSSR count). The van der Waals surface area contributed by atoms with Crippen molar-refractivity contribution < 1.29 is 9.59 Å². The van der Waals surface area contributed by atoms with Crippen molar-refractivity contribution in [3.05, 3.63) is 48.0 Å². The molecular formula is C14H15NO2. The molecule has 1 atom stereocenters. The summed E-state index contributed by atoms with van der Waals surface area (Å²) in [5.41, 5.74) is 0.981. The second kappa shape index (κ2) is 4.17. The minimum atomic E-state index is -0.248. The molecule has 2 amide bonds. The highest BCUT2D eigenvalue weighted by molar-refractivity contribution is 6.21. The van der Waals surface area contributed by atoms with E-state index >= 15 is 0 Å². The third kappa shape index (κ3) is 1.68. The molecule has 0 radical (unpaired) electrons. The van der Waals surface area contributed by atoms with E-state index in [1.54, 1.807) is 30.3 Å². The molecule has 0 aromatic heterocycles. The Bertz CT molecular complexity index is 456. The average molecular weight is 229 g/mol. The summed E-state index contributed by atoms with van der Waals surface area (Å²) in [6.45, 7) is 7.65. The van der Waals surface area contributed by atoms with Crippen molar-refractivity contribution in [1.29, 1.82) is 0 Å². The molecule has 3 nitrogen and oxygen atoms in total. The highest BCUT2D eigenvalue weighted by atomic mass is 16.2. The van der Waals surface area contributed by atoms with Gasteiger partial charge in [-0.15, -0.1) is 6.58 Å². The van der Waals surface area contributed by atoms with Gasteiger partial charge < -0.3 is 0 Å². The zero-order chi connectivity index (χ0) is 12.6. The van der Waals surface area contributed by atoms with Gasteiger partial charge in [-0.3, -0.25) is 14.5 Å². The molecule has 0 saturated carbocycles. The maximum absolute atomic E-state index is 12.2. The Balaban J connectivity index is 2.45. The van der Waals surface area contributed by atoms with Crippen LogP contribution in [0.25, 0.3) is 0 Å². The van der Waals surface area contributed by atoms with Crippen LogP contribution < -0.4 is 0 Å². The minimum Gasteiger partial charge on any atom is -0.269 e. The lowest BCUT2D eigenvalue weighted by Crippen LogP contribution is -2.41. The molecule has 1 heterocycles. The molecule has 0 saturated heterocycles. The largest absolute Gasteiger partial charge is 0.269 e. The fourth-order valence-corrected chi connectivity index (χ4v) is 2.15. The van der Waals surface area contributed by atoms with Crippen LogP contribution in [0.5, 0.6) is 0 Å². The van der Waals surface area contributed by atoms with Crippen molar-refractivity contribution in [3.63, 3.8) is 0 Å². The first-order chi connectivity index (χ1) is 8.07. The zero-order valence-corrected chi connectivity index (χ0v) is 10.0. The number of carbonyl (C=O) groups is 2. The maximum Gasteiger partial charge on any atom is 0.262 e. The van der Waals surface area contributed by atoms with Crippen molar-refractivity contribution in [1.82, 2.24) is 4.90 Å². The van der Waals surface area contributed by atoms with Crippen LogP contribution in [-0.2, 0) is 0 Å². The van der Waals surface area contributed by atoms with E-state index in [4.69, 9.17) is 0 Å². The van der Waals surface area contributed by atoms with Gasteiger partial charge >= 0.3 is 0 Å². The molecule has 0 bridgehead atoms. The average Bonchev–Trinajstić information content (AvgIpc) is 2.56. The van der Waals surface area contributed by atoms with Gasteiger partial charge in [0.1, 0.15) is 0 Å². The second-order valence-corrected chi connectivity index (χ2v) is 4.50. The topological polar surface area (TPSA) is 37.4 Å². The predicted octanol–water partition coefficient (Wildman–Crippen LogP) is 2.49. The fraction of sp³-hybridized carbons (Fsp3) is 0.286. The minimum absolute atomic E-state index is 0.162. The SMILES string of the molecule is C=CC(C(C)C)N1C(=O)c2ccccc2C1=O. The molecule has 0 spiro atoms. The highest BCUT2D eigenvalue weighted by Gasteiger charge is 2.39. The second-order valence-electron chi connectivity index (χ2n) is 4.50. The number of nitrogens with zero attached hydrogens (tertiary/aromatic N) is 1. The van der Waals surface area contributed by atoms with Crippen LogP contribution >= 0.6 is 0 Å². The van der Waals surface area contributed by atoms with Gasteiger partial charge in [-0.05, 0) is 18.1 Å².